The molecule has 0 unspecified atom stereocenters. The Morgan fingerprint density at radius 1 is 0.975 bits per heavy atom. The van der Waals surface area contributed by atoms with Crippen LogP contribution in [-0.2, 0) is 6.54 Å². The number of aromatic amines is 1. The molecule has 1 saturated heterocycles. The van der Waals surface area contributed by atoms with E-state index >= 15 is 0 Å². The highest BCUT2D eigenvalue weighted by molar-refractivity contribution is 5.82. The van der Waals surface area contributed by atoms with Gasteiger partial charge in [-0.1, -0.05) is 66.7 Å². The smallest absolute Gasteiger partial charge is 0.326 e. The molecule has 3 heterocycles. The molecule has 0 atom stereocenters. The fraction of sp³-hybridized carbons (Fsp3) is 0.242. The van der Waals surface area contributed by atoms with Crippen LogP contribution < -0.4 is 10.4 Å². The number of H-pyrrole nitrogens is 1. The van der Waals surface area contributed by atoms with Crippen molar-refractivity contribution in [2.24, 2.45) is 0 Å². The van der Waals surface area contributed by atoms with Crippen LogP contribution in [0.4, 0.5) is 0 Å². The maximum Gasteiger partial charge on any atom is 0.326 e. The average molecular weight is 530 g/mol. The van der Waals surface area contributed by atoms with Crippen LogP contribution in [0.2, 0.25) is 0 Å². The summed E-state index contributed by atoms with van der Waals surface area (Å²) in [4.78, 5) is 22.9. The molecule has 3 aromatic carbocycles. The summed E-state index contributed by atoms with van der Waals surface area (Å²) >= 11 is 0. The molecule has 40 heavy (non-hydrogen) atoms. The van der Waals surface area contributed by atoms with Gasteiger partial charge in [-0.3, -0.25) is 9.47 Å². The Hall–Kier alpha value is -4.67. The predicted molar refractivity (Wildman–Crippen MR) is 157 cm³/mol. The molecule has 1 aliphatic heterocycles. The average Bonchev–Trinajstić information content (AvgIpc) is 3.34. The van der Waals surface area contributed by atoms with Crippen molar-refractivity contribution in [1.29, 1.82) is 5.26 Å². The molecule has 1 fully saturated rings. The number of nitriles is 1. The number of para-hydroxylation sites is 2. The number of rotatable bonds is 7. The van der Waals surface area contributed by atoms with Crippen molar-refractivity contribution < 1.29 is 4.74 Å². The first-order valence-corrected chi connectivity index (χ1v) is 13.8. The van der Waals surface area contributed by atoms with Crippen LogP contribution >= 0.6 is 0 Å². The van der Waals surface area contributed by atoms with Crippen LogP contribution in [0.5, 0.6) is 5.88 Å². The Labute approximate surface area is 233 Å². The lowest BCUT2D eigenvalue weighted by Gasteiger charge is -2.32. The molecule has 1 aliphatic rings. The van der Waals surface area contributed by atoms with E-state index in [1.165, 1.54) is 5.56 Å². The largest absolute Gasteiger partial charge is 0.477 e. The number of nitrogens with zero attached hydrogens (tertiary/aromatic N) is 4. The van der Waals surface area contributed by atoms with Gasteiger partial charge in [-0.05, 0) is 49.1 Å². The van der Waals surface area contributed by atoms with Gasteiger partial charge in [0.15, 0.2) is 0 Å². The van der Waals surface area contributed by atoms with Crippen LogP contribution in [0.1, 0.15) is 36.9 Å². The number of ether oxygens (including phenoxy) is 1. The first-order chi connectivity index (χ1) is 19.6. The number of benzene rings is 3. The van der Waals surface area contributed by atoms with E-state index < -0.39 is 0 Å². The van der Waals surface area contributed by atoms with E-state index in [1.54, 1.807) is 0 Å². The molecule has 0 amide bonds. The Balaban J connectivity index is 1.20. The summed E-state index contributed by atoms with van der Waals surface area (Å²) in [5.74, 6) is 0.362. The van der Waals surface area contributed by atoms with E-state index in [0.717, 1.165) is 65.9 Å². The van der Waals surface area contributed by atoms with Crippen LogP contribution in [0.15, 0.2) is 89.7 Å². The highest BCUT2D eigenvalue weighted by atomic mass is 16.5. The zero-order chi connectivity index (χ0) is 27.5. The fourth-order valence-corrected chi connectivity index (χ4v) is 5.68. The molecule has 0 spiro atoms. The minimum absolute atomic E-state index is 0.0194. The van der Waals surface area contributed by atoms with E-state index in [4.69, 9.17) is 9.72 Å². The maximum atomic E-state index is 12.6. The van der Waals surface area contributed by atoms with Gasteiger partial charge in [0.25, 0.3) is 0 Å². The number of pyridine rings is 1. The summed E-state index contributed by atoms with van der Waals surface area (Å²) in [5.41, 5.74) is 7.21. The first kappa shape index (κ1) is 25.6. The van der Waals surface area contributed by atoms with E-state index in [2.05, 4.69) is 40.2 Å². The normalized spacial score (nSPS) is 14.3. The zero-order valence-corrected chi connectivity index (χ0v) is 22.5. The molecule has 5 aromatic rings. The number of fused-ring (bicyclic) bond motifs is 1. The number of aromatic nitrogens is 3. The van der Waals surface area contributed by atoms with Crippen molar-refractivity contribution in [3.63, 3.8) is 0 Å². The van der Waals surface area contributed by atoms with Crippen LogP contribution in [0, 0.1) is 11.3 Å². The standard InChI is InChI=1S/C33H31N5O2/c1-2-40-32-26(21-34)20-28(24-8-4-3-5-9-24)31(36-32)25-14-12-23(13-15-25)22-37-18-16-27(17-19-37)38-30-11-7-6-10-29(30)35-33(38)39/h3-15,20,27H,2,16-19,22H2,1H3,(H,35,39). The van der Waals surface area contributed by atoms with Gasteiger partial charge in [-0.2, -0.15) is 5.26 Å². The molecular formula is C33H31N5O2. The van der Waals surface area contributed by atoms with Crippen molar-refractivity contribution in [2.75, 3.05) is 19.7 Å². The fourth-order valence-electron chi connectivity index (χ4n) is 5.68. The van der Waals surface area contributed by atoms with E-state index in [-0.39, 0.29) is 11.7 Å². The minimum atomic E-state index is -0.0194. The number of likely N-dealkylation sites (tertiary alicyclic amines) is 1. The monoisotopic (exact) mass is 529 g/mol. The van der Waals surface area contributed by atoms with E-state index in [1.807, 2.05) is 72.2 Å². The van der Waals surface area contributed by atoms with Gasteiger partial charge < -0.3 is 9.72 Å². The molecule has 6 rings (SSSR count). The molecule has 7 heteroatoms. The molecule has 7 nitrogen and oxygen atoms in total. The van der Waals surface area contributed by atoms with Gasteiger partial charge in [0, 0.05) is 36.8 Å². The summed E-state index contributed by atoms with van der Waals surface area (Å²) in [5, 5.41) is 9.71. The first-order valence-electron chi connectivity index (χ1n) is 13.8. The van der Waals surface area contributed by atoms with Crippen LogP contribution in [0.3, 0.4) is 0 Å². The maximum absolute atomic E-state index is 12.6. The summed E-state index contributed by atoms with van der Waals surface area (Å²) in [6, 6.07) is 30.8. The summed E-state index contributed by atoms with van der Waals surface area (Å²) in [6.45, 7) is 5.06. The summed E-state index contributed by atoms with van der Waals surface area (Å²) in [6.07, 6.45) is 1.88. The van der Waals surface area contributed by atoms with Crippen molar-refractivity contribution in [2.45, 2.75) is 32.4 Å². The third-order valence-electron chi connectivity index (χ3n) is 7.65. The topological polar surface area (TPSA) is 86.9 Å². The van der Waals surface area contributed by atoms with Gasteiger partial charge in [0.05, 0.1) is 23.3 Å². The second kappa shape index (κ2) is 11.2. The Bertz CT molecular complexity index is 1720. The Morgan fingerprint density at radius 2 is 1.70 bits per heavy atom. The number of nitrogens with one attached hydrogen (secondary N) is 1. The molecule has 0 aliphatic carbocycles. The second-order valence-electron chi connectivity index (χ2n) is 10.2. The third-order valence-corrected chi connectivity index (χ3v) is 7.65. The Kier molecular flexibility index (Phi) is 7.17. The SMILES string of the molecule is CCOc1nc(-c2ccc(CN3CCC(n4c(=O)[nH]c5ccccc54)CC3)cc2)c(-c2ccccc2)cc1C#N. The molecule has 0 bridgehead atoms. The van der Waals surface area contributed by atoms with Gasteiger partial charge in [-0.15, -0.1) is 0 Å². The van der Waals surface area contributed by atoms with Gasteiger partial charge >= 0.3 is 5.69 Å². The highest BCUT2D eigenvalue weighted by Gasteiger charge is 2.24. The number of piperidine rings is 1. The van der Waals surface area contributed by atoms with Crippen LogP contribution in [-0.4, -0.2) is 39.1 Å². The number of hydrogen-bond donors (Lipinski definition) is 1. The van der Waals surface area contributed by atoms with Gasteiger partial charge in [-0.25, -0.2) is 9.78 Å². The van der Waals surface area contributed by atoms with Crippen molar-refractivity contribution in [3.05, 3.63) is 107 Å². The summed E-state index contributed by atoms with van der Waals surface area (Å²) < 4.78 is 7.65. The van der Waals surface area contributed by atoms with Crippen molar-refractivity contribution >= 4 is 11.0 Å². The van der Waals surface area contributed by atoms with E-state index in [0.29, 0.717) is 18.1 Å². The second-order valence-corrected chi connectivity index (χ2v) is 10.2. The molecule has 0 saturated carbocycles. The zero-order valence-electron chi connectivity index (χ0n) is 22.5. The highest BCUT2D eigenvalue weighted by Crippen LogP contribution is 2.35. The molecule has 1 N–H and O–H groups in total. The Morgan fingerprint density at radius 3 is 2.42 bits per heavy atom. The number of imidazole rings is 1. The van der Waals surface area contributed by atoms with Crippen molar-refractivity contribution in [1.82, 2.24) is 19.4 Å². The van der Waals surface area contributed by atoms with Crippen molar-refractivity contribution in [3.8, 4) is 34.3 Å². The lowest BCUT2D eigenvalue weighted by atomic mass is 9.97. The van der Waals surface area contributed by atoms with Gasteiger partial charge in [0.2, 0.25) is 5.88 Å². The molecule has 2 aromatic heterocycles. The molecule has 0 radical (unpaired) electrons. The minimum Gasteiger partial charge on any atom is -0.477 e. The number of hydrogen-bond acceptors (Lipinski definition) is 5. The summed E-state index contributed by atoms with van der Waals surface area (Å²) in [7, 11) is 0. The lowest BCUT2D eigenvalue weighted by Crippen LogP contribution is -2.36. The lowest BCUT2D eigenvalue weighted by molar-refractivity contribution is 0.180. The molecular weight excluding hydrogens is 498 g/mol. The third kappa shape index (κ3) is 5.02. The van der Waals surface area contributed by atoms with Crippen LogP contribution in [0.25, 0.3) is 33.4 Å². The predicted octanol–water partition coefficient (Wildman–Crippen LogP) is 6.17. The van der Waals surface area contributed by atoms with E-state index in [9.17, 15) is 10.1 Å². The molecule has 200 valence electrons. The van der Waals surface area contributed by atoms with Gasteiger partial charge in [0.1, 0.15) is 11.6 Å². The quantitative estimate of drug-likeness (QED) is 0.273.